The Morgan fingerprint density at radius 2 is 1.85 bits per heavy atom. The Hall–Kier alpha value is -1.39. The number of hydrogen-bond acceptors (Lipinski definition) is 3. The van der Waals surface area contributed by atoms with E-state index in [1.807, 2.05) is 12.1 Å². The average Bonchev–Trinajstić information content (AvgIpc) is 2.45. The lowest BCUT2D eigenvalue weighted by Gasteiger charge is -2.14. The van der Waals surface area contributed by atoms with Crippen molar-refractivity contribution in [3.8, 4) is 11.5 Å². The van der Waals surface area contributed by atoms with Gasteiger partial charge in [-0.15, -0.1) is 0 Å². The van der Waals surface area contributed by atoms with Crippen molar-refractivity contribution in [1.29, 1.82) is 0 Å². The van der Waals surface area contributed by atoms with E-state index in [1.54, 1.807) is 26.4 Å². The molecular formula is C15H15BrClNO2. The minimum Gasteiger partial charge on any atom is -0.495 e. The molecule has 0 aliphatic carbocycles. The van der Waals surface area contributed by atoms with E-state index >= 15 is 0 Å². The monoisotopic (exact) mass is 355 g/mol. The lowest BCUT2D eigenvalue weighted by atomic mass is 10.2. The summed E-state index contributed by atoms with van der Waals surface area (Å²) in [5, 5.41) is 3.86. The molecule has 2 aromatic rings. The lowest BCUT2D eigenvalue weighted by molar-refractivity contribution is 0.395. The summed E-state index contributed by atoms with van der Waals surface area (Å²) in [4.78, 5) is 0. The van der Waals surface area contributed by atoms with E-state index in [4.69, 9.17) is 21.1 Å². The molecule has 0 amide bonds. The molecular weight excluding hydrogens is 342 g/mol. The Morgan fingerprint density at radius 3 is 2.50 bits per heavy atom. The quantitative estimate of drug-likeness (QED) is 0.840. The van der Waals surface area contributed by atoms with Gasteiger partial charge in [-0.25, -0.2) is 0 Å². The largest absolute Gasteiger partial charge is 0.495 e. The summed E-state index contributed by atoms with van der Waals surface area (Å²) in [6.45, 7) is 0.679. The molecule has 0 bridgehead atoms. The molecule has 2 aromatic carbocycles. The molecule has 20 heavy (non-hydrogen) atoms. The predicted molar refractivity (Wildman–Crippen MR) is 86.0 cm³/mol. The number of halogens is 2. The fourth-order valence-corrected chi connectivity index (χ4v) is 2.53. The maximum atomic E-state index is 6.14. The summed E-state index contributed by atoms with van der Waals surface area (Å²) in [5.74, 6) is 1.29. The molecule has 0 saturated carbocycles. The zero-order valence-electron chi connectivity index (χ0n) is 11.2. The second-order valence-corrected chi connectivity index (χ2v) is 5.49. The van der Waals surface area contributed by atoms with Gasteiger partial charge in [-0.3, -0.25) is 0 Å². The van der Waals surface area contributed by atoms with E-state index in [-0.39, 0.29) is 0 Å². The smallest absolute Gasteiger partial charge is 0.145 e. The van der Waals surface area contributed by atoms with Crippen molar-refractivity contribution in [3.05, 3.63) is 51.5 Å². The van der Waals surface area contributed by atoms with Gasteiger partial charge in [-0.05, 0) is 23.8 Å². The van der Waals surface area contributed by atoms with Crippen LogP contribution >= 0.6 is 27.5 Å². The van der Waals surface area contributed by atoms with Crippen LogP contribution in [-0.4, -0.2) is 14.2 Å². The van der Waals surface area contributed by atoms with Crippen LogP contribution in [0.3, 0.4) is 0 Å². The van der Waals surface area contributed by atoms with Crippen molar-refractivity contribution >= 4 is 33.2 Å². The highest BCUT2D eigenvalue weighted by Gasteiger charge is 2.09. The molecule has 0 spiro atoms. The van der Waals surface area contributed by atoms with Crippen molar-refractivity contribution in [3.63, 3.8) is 0 Å². The summed E-state index contributed by atoms with van der Waals surface area (Å²) in [6, 6.07) is 11.7. The molecule has 5 heteroatoms. The minimum absolute atomic E-state index is 0.546. The van der Waals surface area contributed by atoms with Crippen molar-refractivity contribution in [2.24, 2.45) is 0 Å². The molecule has 2 rings (SSSR count). The van der Waals surface area contributed by atoms with E-state index in [0.29, 0.717) is 23.1 Å². The topological polar surface area (TPSA) is 30.5 Å². The molecule has 0 fully saturated rings. The highest BCUT2D eigenvalue weighted by molar-refractivity contribution is 9.10. The zero-order chi connectivity index (χ0) is 14.5. The molecule has 106 valence electrons. The van der Waals surface area contributed by atoms with Gasteiger partial charge in [-0.2, -0.15) is 0 Å². The van der Waals surface area contributed by atoms with Crippen molar-refractivity contribution < 1.29 is 9.47 Å². The predicted octanol–water partition coefficient (Wildman–Crippen LogP) is 4.73. The van der Waals surface area contributed by atoms with Gasteiger partial charge < -0.3 is 14.8 Å². The van der Waals surface area contributed by atoms with Gasteiger partial charge in [0.15, 0.2) is 0 Å². The van der Waals surface area contributed by atoms with Gasteiger partial charge in [0.2, 0.25) is 0 Å². The van der Waals surface area contributed by atoms with Gasteiger partial charge in [0.25, 0.3) is 0 Å². The first kappa shape index (κ1) is 15.0. The third-order valence-electron chi connectivity index (χ3n) is 2.85. The second-order valence-electron chi connectivity index (χ2n) is 4.17. The highest BCUT2D eigenvalue weighted by Crippen LogP contribution is 2.36. The molecule has 0 aliphatic heterocycles. The van der Waals surface area contributed by atoms with Gasteiger partial charge >= 0.3 is 0 Å². The van der Waals surface area contributed by atoms with Crippen molar-refractivity contribution in [2.75, 3.05) is 19.5 Å². The molecule has 0 saturated heterocycles. The molecule has 0 heterocycles. The lowest BCUT2D eigenvalue weighted by Crippen LogP contribution is -2.02. The first-order chi connectivity index (χ1) is 9.63. The number of nitrogens with one attached hydrogen (secondary N) is 1. The number of rotatable bonds is 5. The number of ether oxygens (including phenoxy) is 2. The second kappa shape index (κ2) is 6.86. The van der Waals surface area contributed by atoms with Crippen LogP contribution in [-0.2, 0) is 6.54 Å². The van der Waals surface area contributed by atoms with Crippen molar-refractivity contribution in [1.82, 2.24) is 0 Å². The third kappa shape index (κ3) is 3.58. The van der Waals surface area contributed by atoms with E-state index in [9.17, 15) is 0 Å². The molecule has 0 unspecified atom stereocenters. The number of benzene rings is 2. The van der Waals surface area contributed by atoms with Crippen LogP contribution < -0.4 is 14.8 Å². The molecule has 0 atom stereocenters. The van der Waals surface area contributed by atoms with Crippen LogP contribution in [0.1, 0.15) is 5.56 Å². The fraction of sp³-hybridized carbons (Fsp3) is 0.200. The van der Waals surface area contributed by atoms with Crippen molar-refractivity contribution in [2.45, 2.75) is 6.54 Å². The Bertz CT molecular complexity index is 604. The summed E-state index contributed by atoms with van der Waals surface area (Å²) >= 11 is 9.59. The molecule has 3 nitrogen and oxygen atoms in total. The van der Waals surface area contributed by atoms with Gasteiger partial charge in [0, 0.05) is 17.1 Å². The van der Waals surface area contributed by atoms with Crippen LogP contribution in [0.2, 0.25) is 5.02 Å². The van der Waals surface area contributed by atoms with Crippen LogP contribution in [0.25, 0.3) is 0 Å². The maximum absolute atomic E-state index is 6.14. The van der Waals surface area contributed by atoms with E-state index in [2.05, 4.69) is 33.4 Å². The Balaban J connectivity index is 2.18. The minimum atomic E-state index is 0.546. The Kier molecular flexibility index (Phi) is 5.15. The van der Waals surface area contributed by atoms with Crippen LogP contribution in [0.4, 0.5) is 5.69 Å². The van der Waals surface area contributed by atoms with Crippen LogP contribution in [0.5, 0.6) is 11.5 Å². The SMILES string of the molecule is COc1cc(OC)c(NCc2cccc(Br)c2)cc1Cl. The molecule has 0 aliphatic rings. The summed E-state index contributed by atoms with van der Waals surface area (Å²) in [6.07, 6.45) is 0. The number of anilines is 1. The Labute approximate surface area is 132 Å². The highest BCUT2D eigenvalue weighted by atomic mass is 79.9. The molecule has 1 N–H and O–H groups in total. The van der Waals surface area contributed by atoms with Gasteiger partial charge in [0.1, 0.15) is 11.5 Å². The normalized spacial score (nSPS) is 10.2. The van der Waals surface area contributed by atoms with E-state index in [0.717, 1.165) is 15.7 Å². The molecule has 0 radical (unpaired) electrons. The van der Waals surface area contributed by atoms with E-state index < -0.39 is 0 Å². The zero-order valence-corrected chi connectivity index (χ0v) is 13.6. The first-order valence-electron chi connectivity index (χ1n) is 6.04. The van der Waals surface area contributed by atoms with E-state index in [1.165, 1.54) is 0 Å². The van der Waals surface area contributed by atoms with Gasteiger partial charge in [-0.1, -0.05) is 39.7 Å². The van der Waals surface area contributed by atoms with Gasteiger partial charge in [0.05, 0.1) is 24.9 Å². The fourth-order valence-electron chi connectivity index (χ4n) is 1.84. The average molecular weight is 357 g/mol. The summed E-state index contributed by atoms with van der Waals surface area (Å²) < 4.78 is 11.6. The molecule has 0 aromatic heterocycles. The standard InChI is InChI=1S/C15H15BrClNO2/c1-19-14-8-15(20-2)13(7-12(14)17)18-9-10-4-3-5-11(16)6-10/h3-8,18H,9H2,1-2H3. The summed E-state index contributed by atoms with van der Waals surface area (Å²) in [5.41, 5.74) is 1.99. The summed E-state index contributed by atoms with van der Waals surface area (Å²) in [7, 11) is 3.20. The van der Waals surface area contributed by atoms with Crippen LogP contribution in [0.15, 0.2) is 40.9 Å². The Morgan fingerprint density at radius 1 is 1.10 bits per heavy atom. The number of hydrogen-bond donors (Lipinski definition) is 1. The maximum Gasteiger partial charge on any atom is 0.145 e. The van der Waals surface area contributed by atoms with Crippen LogP contribution in [0, 0.1) is 0 Å². The number of methoxy groups -OCH3 is 2. The third-order valence-corrected chi connectivity index (χ3v) is 3.63. The first-order valence-corrected chi connectivity index (χ1v) is 7.21.